The molecule has 150 valence electrons. The van der Waals surface area contributed by atoms with Crippen LogP contribution < -0.4 is 15.4 Å². The summed E-state index contributed by atoms with van der Waals surface area (Å²) in [5.74, 6) is 0.000738. The van der Waals surface area contributed by atoms with Gasteiger partial charge in [0.25, 0.3) is 11.8 Å². The third kappa shape index (κ3) is 4.40. The molecule has 0 aliphatic heterocycles. The summed E-state index contributed by atoms with van der Waals surface area (Å²) >= 11 is 2.88. The molecule has 2 aromatic heterocycles. The molecule has 0 fully saturated rings. The number of thiazole rings is 1. The molecular formula is C22H17N3O3S2. The first-order valence-corrected chi connectivity index (χ1v) is 10.7. The average molecular weight is 436 g/mol. The van der Waals surface area contributed by atoms with E-state index in [9.17, 15) is 9.59 Å². The lowest BCUT2D eigenvalue weighted by Crippen LogP contribution is -2.17. The first-order chi connectivity index (χ1) is 14.6. The Bertz CT molecular complexity index is 1190. The molecular weight excluding hydrogens is 418 g/mol. The zero-order valence-corrected chi connectivity index (χ0v) is 17.5. The number of anilines is 2. The van der Waals surface area contributed by atoms with Crippen molar-refractivity contribution in [1.29, 1.82) is 0 Å². The fourth-order valence-corrected chi connectivity index (χ4v) is 4.38. The Kier molecular flexibility index (Phi) is 5.87. The lowest BCUT2D eigenvalue weighted by Gasteiger charge is -2.11. The Morgan fingerprint density at radius 3 is 2.63 bits per heavy atom. The molecule has 0 bridgehead atoms. The molecule has 0 radical (unpaired) electrons. The van der Waals surface area contributed by atoms with E-state index in [4.69, 9.17) is 4.74 Å². The van der Waals surface area contributed by atoms with Crippen LogP contribution in [0.3, 0.4) is 0 Å². The largest absolute Gasteiger partial charge is 0.497 e. The van der Waals surface area contributed by atoms with E-state index < -0.39 is 0 Å². The zero-order valence-electron chi connectivity index (χ0n) is 15.9. The number of ether oxygens (including phenoxy) is 1. The number of carbonyl (C=O) groups excluding carboxylic acids is 2. The quantitative estimate of drug-likeness (QED) is 0.426. The molecule has 0 saturated heterocycles. The van der Waals surface area contributed by atoms with Gasteiger partial charge in [-0.15, -0.1) is 22.7 Å². The van der Waals surface area contributed by atoms with Crippen LogP contribution >= 0.6 is 22.7 Å². The molecule has 0 spiro atoms. The van der Waals surface area contributed by atoms with Crippen LogP contribution in [0.1, 0.15) is 20.0 Å². The fourth-order valence-electron chi connectivity index (χ4n) is 2.77. The van der Waals surface area contributed by atoms with Crippen molar-refractivity contribution >= 4 is 45.9 Å². The van der Waals surface area contributed by atoms with Gasteiger partial charge in [-0.2, -0.15) is 0 Å². The number of aromatic nitrogens is 1. The highest BCUT2D eigenvalue weighted by atomic mass is 32.1. The third-order valence-corrected chi connectivity index (χ3v) is 6.24. The average Bonchev–Trinajstić information content (AvgIpc) is 3.46. The van der Waals surface area contributed by atoms with Crippen LogP contribution in [0.5, 0.6) is 5.75 Å². The number of rotatable bonds is 6. The van der Waals surface area contributed by atoms with E-state index in [2.05, 4.69) is 15.6 Å². The second-order valence-electron chi connectivity index (χ2n) is 6.19. The molecule has 0 atom stereocenters. The predicted molar refractivity (Wildman–Crippen MR) is 121 cm³/mol. The SMILES string of the molecule is COc1cccc(NC(=O)c2ccccc2NC(=O)c2cnc(-c3cccs3)s2)c1. The standard InChI is InChI=1S/C22H17N3O3S2/c1-28-15-7-4-6-14(12-15)24-20(26)16-8-2-3-9-17(16)25-21(27)19-13-23-22(30-19)18-10-5-11-29-18/h2-13H,1H3,(H,24,26)(H,25,27). The van der Waals surface area contributed by atoms with Crippen LogP contribution in [0.4, 0.5) is 11.4 Å². The molecule has 30 heavy (non-hydrogen) atoms. The minimum atomic E-state index is -0.331. The number of methoxy groups -OCH3 is 1. The predicted octanol–water partition coefficient (Wildman–Crippen LogP) is 5.38. The van der Waals surface area contributed by atoms with Crippen molar-refractivity contribution in [3.8, 4) is 15.6 Å². The van der Waals surface area contributed by atoms with Gasteiger partial charge in [0.2, 0.25) is 0 Å². The highest BCUT2D eigenvalue weighted by molar-refractivity contribution is 7.22. The molecule has 0 aliphatic rings. The van der Waals surface area contributed by atoms with E-state index >= 15 is 0 Å². The molecule has 4 aromatic rings. The summed E-state index contributed by atoms with van der Waals surface area (Å²) in [5.41, 5.74) is 1.38. The van der Waals surface area contributed by atoms with E-state index in [1.54, 1.807) is 73.2 Å². The highest BCUT2D eigenvalue weighted by Crippen LogP contribution is 2.29. The van der Waals surface area contributed by atoms with Crippen LogP contribution in [0.15, 0.2) is 72.2 Å². The van der Waals surface area contributed by atoms with Crippen LogP contribution in [0.25, 0.3) is 9.88 Å². The summed E-state index contributed by atoms with van der Waals surface area (Å²) in [5, 5.41) is 8.41. The Morgan fingerprint density at radius 1 is 0.967 bits per heavy atom. The lowest BCUT2D eigenvalue weighted by atomic mass is 10.1. The van der Waals surface area contributed by atoms with Crippen molar-refractivity contribution in [1.82, 2.24) is 4.98 Å². The van der Waals surface area contributed by atoms with Gasteiger partial charge in [0.15, 0.2) is 0 Å². The third-order valence-electron chi connectivity index (χ3n) is 4.21. The van der Waals surface area contributed by atoms with Crippen molar-refractivity contribution in [2.45, 2.75) is 0 Å². The molecule has 6 nitrogen and oxygen atoms in total. The number of carbonyl (C=O) groups is 2. The summed E-state index contributed by atoms with van der Waals surface area (Å²) in [6.45, 7) is 0. The molecule has 4 rings (SSSR count). The van der Waals surface area contributed by atoms with Gasteiger partial charge in [-0.3, -0.25) is 9.59 Å². The second-order valence-corrected chi connectivity index (χ2v) is 8.17. The number of hydrogen-bond acceptors (Lipinski definition) is 6. The maximum atomic E-state index is 12.8. The summed E-state index contributed by atoms with van der Waals surface area (Å²) in [6, 6.07) is 17.9. The van der Waals surface area contributed by atoms with Gasteiger partial charge in [0.05, 0.1) is 29.4 Å². The van der Waals surface area contributed by atoms with Crippen LogP contribution in [0, 0.1) is 0 Å². The van der Waals surface area contributed by atoms with Gasteiger partial charge in [-0.1, -0.05) is 24.3 Å². The molecule has 0 saturated carbocycles. The van der Waals surface area contributed by atoms with E-state index in [0.29, 0.717) is 27.6 Å². The molecule has 0 unspecified atom stereocenters. The van der Waals surface area contributed by atoms with E-state index in [1.165, 1.54) is 11.3 Å². The summed E-state index contributed by atoms with van der Waals surface area (Å²) in [6.07, 6.45) is 1.55. The first-order valence-electron chi connectivity index (χ1n) is 8.99. The normalized spacial score (nSPS) is 10.4. The van der Waals surface area contributed by atoms with Crippen molar-refractivity contribution in [2.75, 3.05) is 17.7 Å². The Morgan fingerprint density at radius 2 is 1.83 bits per heavy atom. The number of hydrogen-bond donors (Lipinski definition) is 2. The minimum absolute atomic E-state index is 0.308. The van der Waals surface area contributed by atoms with E-state index in [1.807, 2.05) is 17.5 Å². The number of nitrogens with one attached hydrogen (secondary N) is 2. The summed E-state index contributed by atoms with van der Waals surface area (Å²) < 4.78 is 5.18. The number of nitrogens with zero attached hydrogens (tertiary/aromatic N) is 1. The van der Waals surface area contributed by atoms with Gasteiger partial charge in [0, 0.05) is 11.8 Å². The number of thiophene rings is 1. The fraction of sp³-hybridized carbons (Fsp3) is 0.0455. The molecule has 2 aromatic carbocycles. The van der Waals surface area contributed by atoms with Crippen molar-refractivity contribution < 1.29 is 14.3 Å². The molecule has 8 heteroatoms. The number of amides is 2. The summed E-state index contributed by atoms with van der Waals surface area (Å²) in [4.78, 5) is 31.3. The van der Waals surface area contributed by atoms with Crippen LogP contribution in [0.2, 0.25) is 0 Å². The minimum Gasteiger partial charge on any atom is -0.497 e. The number of benzene rings is 2. The maximum Gasteiger partial charge on any atom is 0.267 e. The van der Waals surface area contributed by atoms with Gasteiger partial charge in [0.1, 0.15) is 15.6 Å². The van der Waals surface area contributed by atoms with Crippen LogP contribution in [-0.2, 0) is 0 Å². The zero-order chi connectivity index (χ0) is 20.9. The van der Waals surface area contributed by atoms with Gasteiger partial charge in [-0.05, 0) is 35.7 Å². The molecule has 0 aliphatic carbocycles. The summed E-state index contributed by atoms with van der Waals surface area (Å²) in [7, 11) is 1.56. The van der Waals surface area contributed by atoms with Crippen molar-refractivity contribution in [3.63, 3.8) is 0 Å². The van der Waals surface area contributed by atoms with Gasteiger partial charge in [-0.25, -0.2) is 4.98 Å². The van der Waals surface area contributed by atoms with Crippen LogP contribution in [-0.4, -0.2) is 23.9 Å². The first kappa shape index (κ1) is 19.8. The Balaban J connectivity index is 1.51. The van der Waals surface area contributed by atoms with E-state index in [0.717, 1.165) is 9.88 Å². The second kappa shape index (κ2) is 8.89. The lowest BCUT2D eigenvalue weighted by molar-refractivity contribution is 0.102. The van der Waals surface area contributed by atoms with E-state index in [-0.39, 0.29) is 11.8 Å². The number of para-hydroxylation sites is 1. The van der Waals surface area contributed by atoms with Crippen molar-refractivity contribution in [2.24, 2.45) is 0 Å². The van der Waals surface area contributed by atoms with Gasteiger partial charge < -0.3 is 15.4 Å². The highest BCUT2D eigenvalue weighted by Gasteiger charge is 2.17. The smallest absolute Gasteiger partial charge is 0.267 e. The molecule has 2 amide bonds. The van der Waals surface area contributed by atoms with Gasteiger partial charge >= 0.3 is 0 Å². The molecule has 2 N–H and O–H groups in total. The Hall–Kier alpha value is -3.49. The molecule has 2 heterocycles. The topological polar surface area (TPSA) is 80.3 Å². The Labute approximate surface area is 181 Å². The van der Waals surface area contributed by atoms with Crippen molar-refractivity contribution in [3.05, 3.63) is 82.7 Å². The maximum absolute atomic E-state index is 12.8. The monoisotopic (exact) mass is 435 g/mol.